The van der Waals surface area contributed by atoms with Crippen LogP contribution < -0.4 is 9.16 Å². The lowest BCUT2D eigenvalue weighted by molar-refractivity contribution is 0.334. The SMILES string of the molecule is C.C.C=CC[SiH](C[SiH2]CC)[Si](CC=C)(Cc1ccccc1)C[SiH](CCOc1ccccc1)Oc1ccccc1.CC.CC.CC.[HH]. The maximum Gasteiger partial charge on any atom is 0.236 e. The van der Waals surface area contributed by atoms with Gasteiger partial charge in [-0.2, -0.15) is 0 Å². The Morgan fingerprint density at radius 2 is 1.27 bits per heavy atom. The molecule has 3 atom stereocenters. The Balaban J connectivity index is -0.000000924. The van der Waals surface area contributed by atoms with Crippen molar-refractivity contribution in [2.75, 3.05) is 6.61 Å². The van der Waals surface area contributed by atoms with Gasteiger partial charge in [0.05, 0.1) is 14.2 Å². The van der Waals surface area contributed by atoms with Crippen LogP contribution in [0.2, 0.25) is 35.5 Å². The molecular formula is C39H72O2Si4. The predicted octanol–water partition coefficient (Wildman–Crippen LogP) is 11.5. The van der Waals surface area contributed by atoms with Gasteiger partial charge >= 0.3 is 0 Å². The van der Waals surface area contributed by atoms with Crippen molar-refractivity contribution in [2.45, 2.75) is 105 Å². The quantitative estimate of drug-likeness (QED) is 0.0980. The van der Waals surface area contributed by atoms with Gasteiger partial charge in [0.2, 0.25) is 9.04 Å². The van der Waals surface area contributed by atoms with Gasteiger partial charge in [0, 0.05) is 25.3 Å². The van der Waals surface area contributed by atoms with Crippen molar-refractivity contribution < 1.29 is 10.6 Å². The van der Waals surface area contributed by atoms with Crippen LogP contribution in [0, 0.1) is 0 Å². The minimum Gasteiger partial charge on any atom is -0.547 e. The highest BCUT2D eigenvalue weighted by Gasteiger charge is 2.43. The lowest BCUT2D eigenvalue weighted by Gasteiger charge is -2.40. The van der Waals surface area contributed by atoms with E-state index < -0.39 is 24.9 Å². The number of hydrogen-bond acceptors (Lipinski definition) is 2. The highest BCUT2D eigenvalue weighted by atomic mass is 29.2. The first kappa shape index (κ1) is 47.0. The van der Waals surface area contributed by atoms with Crippen molar-refractivity contribution in [2.24, 2.45) is 0 Å². The van der Waals surface area contributed by atoms with Crippen LogP contribution in [0.3, 0.4) is 0 Å². The molecule has 0 amide bonds. The highest BCUT2D eigenvalue weighted by molar-refractivity contribution is 7.36. The summed E-state index contributed by atoms with van der Waals surface area (Å²) < 4.78 is 13.1. The van der Waals surface area contributed by atoms with E-state index in [1.165, 1.54) is 35.4 Å². The fourth-order valence-electron chi connectivity index (χ4n) is 5.49. The third-order valence-corrected chi connectivity index (χ3v) is 35.8. The molecule has 0 saturated heterocycles. The third-order valence-electron chi connectivity index (χ3n) is 7.31. The molecule has 45 heavy (non-hydrogen) atoms. The molecular weight excluding hydrogens is 613 g/mol. The van der Waals surface area contributed by atoms with Crippen LogP contribution in [0.5, 0.6) is 11.5 Å². The van der Waals surface area contributed by atoms with Crippen LogP contribution in [0.25, 0.3) is 0 Å². The standard InChI is InChI=1S/C31H44O2Si4.3C2H6.2CH4.H2/c1-4-23-36(27-34-6-3)37(25-5-2,26-29-16-10-7-11-17-29)28-35(33-31-20-14-9-15-21-31)24-22-32-30-18-12-8-13-19-30;3*1-2;;;/h4-5,7-21,35-36H,1-2,6,22-28,34H2,3H3;3*1-2H3;2*1H4;1H. The maximum atomic E-state index is 6.89. The van der Waals surface area contributed by atoms with E-state index in [9.17, 15) is 0 Å². The Morgan fingerprint density at radius 1 is 0.756 bits per heavy atom. The summed E-state index contributed by atoms with van der Waals surface area (Å²) in [6, 6.07) is 38.0. The first-order chi connectivity index (χ1) is 21.2. The summed E-state index contributed by atoms with van der Waals surface area (Å²) in [5.74, 6) is 1.96. The van der Waals surface area contributed by atoms with Crippen molar-refractivity contribution in [1.82, 2.24) is 0 Å². The molecule has 3 aromatic rings. The topological polar surface area (TPSA) is 18.5 Å². The molecule has 6 heteroatoms. The number of para-hydroxylation sites is 2. The number of ether oxygens (including phenoxy) is 1. The summed E-state index contributed by atoms with van der Waals surface area (Å²) in [5.41, 5.74) is 4.34. The molecule has 0 aromatic heterocycles. The van der Waals surface area contributed by atoms with E-state index >= 15 is 0 Å². The number of rotatable bonds is 18. The predicted molar refractivity (Wildman–Crippen MR) is 222 cm³/mol. The highest BCUT2D eigenvalue weighted by Crippen LogP contribution is 2.32. The van der Waals surface area contributed by atoms with Crippen molar-refractivity contribution in [3.8, 4) is 11.5 Å². The van der Waals surface area contributed by atoms with Gasteiger partial charge in [-0.1, -0.05) is 159 Å². The molecule has 3 unspecified atom stereocenters. The molecule has 0 N–H and O–H groups in total. The van der Waals surface area contributed by atoms with E-state index in [0.717, 1.165) is 24.2 Å². The molecule has 2 nitrogen and oxygen atoms in total. The molecule has 0 aliphatic rings. The molecule has 256 valence electrons. The maximum absolute atomic E-state index is 6.89. The van der Waals surface area contributed by atoms with Crippen LogP contribution in [0.1, 0.15) is 70.3 Å². The van der Waals surface area contributed by atoms with Crippen molar-refractivity contribution in [1.29, 1.82) is 0 Å². The van der Waals surface area contributed by atoms with Crippen LogP contribution in [0.4, 0.5) is 0 Å². The normalized spacial score (nSPS) is 12.3. The lowest BCUT2D eigenvalue weighted by Crippen LogP contribution is -2.57. The van der Waals surface area contributed by atoms with Gasteiger partial charge in [-0.3, -0.25) is 0 Å². The molecule has 0 radical (unpaired) electrons. The van der Waals surface area contributed by atoms with Crippen LogP contribution >= 0.6 is 0 Å². The fourth-order valence-corrected chi connectivity index (χ4v) is 42.0. The molecule has 3 aromatic carbocycles. The minimum absolute atomic E-state index is 0. The second-order valence-electron chi connectivity index (χ2n) is 10.1. The van der Waals surface area contributed by atoms with Crippen LogP contribution in [-0.2, 0) is 6.04 Å². The van der Waals surface area contributed by atoms with Gasteiger partial charge in [0.1, 0.15) is 11.5 Å². The zero-order chi connectivity index (χ0) is 32.2. The second-order valence-corrected chi connectivity index (χ2v) is 29.3. The zero-order valence-electron chi connectivity index (χ0n) is 28.6. The van der Waals surface area contributed by atoms with Crippen molar-refractivity contribution >= 4 is 34.5 Å². The summed E-state index contributed by atoms with van der Waals surface area (Å²) in [6.07, 6.45) is 4.49. The van der Waals surface area contributed by atoms with E-state index in [0.29, 0.717) is 0 Å². The summed E-state index contributed by atoms with van der Waals surface area (Å²) in [4.78, 5) is 0. The van der Waals surface area contributed by atoms with E-state index in [2.05, 4.69) is 92.9 Å². The average Bonchev–Trinajstić information content (AvgIpc) is 3.07. The number of allylic oxidation sites excluding steroid dienone is 2. The van der Waals surface area contributed by atoms with E-state index in [-0.39, 0.29) is 25.8 Å². The Morgan fingerprint density at radius 3 is 1.76 bits per heavy atom. The molecule has 0 spiro atoms. The molecule has 0 aliphatic carbocycles. The Labute approximate surface area is 288 Å². The second kappa shape index (κ2) is 31.6. The fraction of sp³-hybridized carbons (Fsp3) is 0.436. The molecule has 3 rings (SSSR count). The Kier molecular flexibility index (Phi) is 33.0. The first-order valence-electron chi connectivity index (χ1n) is 16.8. The summed E-state index contributed by atoms with van der Waals surface area (Å²) in [7, 11) is -4.35. The smallest absolute Gasteiger partial charge is 0.236 e. The average molecular weight is 685 g/mol. The zero-order valence-corrected chi connectivity index (χ0v) is 33.3. The Bertz CT molecular complexity index is 1040. The summed E-state index contributed by atoms with van der Waals surface area (Å²) >= 11 is 0. The van der Waals surface area contributed by atoms with Gasteiger partial charge in [-0.15, -0.1) is 13.2 Å². The minimum atomic E-state index is -1.70. The van der Waals surface area contributed by atoms with Crippen LogP contribution in [0.15, 0.2) is 116 Å². The largest absolute Gasteiger partial charge is 0.547 e. The van der Waals surface area contributed by atoms with Gasteiger partial charge in [-0.25, -0.2) is 0 Å². The summed E-state index contributed by atoms with van der Waals surface area (Å²) in [5, 5.41) is 0. The monoisotopic (exact) mass is 684 g/mol. The third kappa shape index (κ3) is 19.0. The van der Waals surface area contributed by atoms with E-state index in [1.54, 1.807) is 5.67 Å². The molecule has 0 fully saturated rings. The number of hydrogen-bond donors (Lipinski definition) is 0. The first-order valence-corrected chi connectivity index (χ1v) is 27.0. The van der Waals surface area contributed by atoms with Gasteiger partial charge in [-0.05, 0) is 48.1 Å². The van der Waals surface area contributed by atoms with Gasteiger partial charge in [0.25, 0.3) is 0 Å². The van der Waals surface area contributed by atoms with E-state index in [4.69, 9.17) is 9.16 Å². The molecule has 0 bridgehead atoms. The number of benzene rings is 3. The van der Waals surface area contributed by atoms with Crippen molar-refractivity contribution in [3.63, 3.8) is 0 Å². The lowest BCUT2D eigenvalue weighted by atomic mass is 10.2. The molecule has 0 saturated carbocycles. The summed E-state index contributed by atoms with van der Waals surface area (Å²) in [6.45, 7) is 23.6. The molecule has 0 aliphatic heterocycles. The van der Waals surface area contributed by atoms with Gasteiger partial charge < -0.3 is 9.16 Å². The van der Waals surface area contributed by atoms with Crippen LogP contribution in [-0.4, -0.2) is 41.1 Å². The van der Waals surface area contributed by atoms with E-state index in [1.807, 2.05) is 71.9 Å². The van der Waals surface area contributed by atoms with Crippen molar-refractivity contribution in [3.05, 3.63) is 122 Å². The Hall–Kier alpha value is -2.39. The molecule has 0 heterocycles. The van der Waals surface area contributed by atoms with Gasteiger partial charge in [0.15, 0.2) is 0 Å².